The molecule has 143 valence electrons. The second-order valence-electron chi connectivity index (χ2n) is 5.68. The van der Waals surface area contributed by atoms with Crippen LogP contribution in [0.4, 0.5) is 0 Å². The van der Waals surface area contributed by atoms with Gasteiger partial charge >= 0.3 is 0 Å². The molecule has 0 amide bonds. The van der Waals surface area contributed by atoms with Gasteiger partial charge in [0.05, 0.1) is 5.82 Å². The molecule has 6 heteroatoms. The van der Waals surface area contributed by atoms with Crippen LogP contribution < -0.4 is 0 Å². The first kappa shape index (κ1) is 21.2. The Kier molecular flexibility index (Phi) is 7.81. The van der Waals surface area contributed by atoms with Crippen molar-refractivity contribution in [2.75, 3.05) is 0 Å². The van der Waals surface area contributed by atoms with Crippen LogP contribution in [0, 0.1) is 13.0 Å². The van der Waals surface area contributed by atoms with Crippen LogP contribution in [0.3, 0.4) is 0 Å². The predicted octanol–water partition coefficient (Wildman–Crippen LogP) is 4.65. The maximum absolute atomic E-state index is 8.77. The first-order valence-electron chi connectivity index (χ1n) is 8.40. The summed E-state index contributed by atoms with van der Waals surface area (Å²) >= 11 is 0. The van der Waals surface area contributed by atoms with Crippen LogP contribution >= 0.6 is 0 Å². The second kappa shape index (κ2) is 10.3. The van der Waals surface area contributed by atoms with E-state index in [9.17, 15) is 0 Å². The van der Waals surface area contributed by atoms with E-state index in [1.54, 1.807) is 24.4 Å². The number of rotatable bonds is 3. The molecule has 0 fully saturated rings. The van der Waals surface area contributed by atoms with Crippen LogP contribution in [0.15, 0.2) is 85.6 Å². The third-order valence-electron chi connectivity index (χ3n) is 3.75. The van der Waals surface area contributed by atoms with Crippen molar-refractivity contribution in [2.45, 2.75) is 6.92 Å². The fraction of sp³-hybridized carbons (Fsp3) is 0.0455. The summed E-state index contributed by atoms with van der Waals surface area (Å²) in [5, 5.41) is 17.2. The predicted molar refractivity (Wildman–Crippen MR) is 106 cm³/mol. The number of aliphatic hydroxyl groups is 1. The summed E-state index contributed by atoms with van der Waals surface area (Å²) in [5.41, 5.74) is 2.53. The Hall–Kier alpha value is -3.08. The van der Waals surface area contributed by atoms with Crippen LogP contribution in [-0.2, 0) is 20.1 Å². The van der Waals surface area contributed by atoms with Crippen LogP contribution in [0.2, 0.25) is 0 Å². The number of para-hydroxylation sites is 1. The van der Waals surface area contributed by atoms with Crippen molar-refractivity contribution in [1.82, 2.24) is 19.7 Å². The van der Waals surface area contributed by atoms with E-state index in [1.165, 1.54) is 0 Å². The number of benzene rings is 2. The number of hydrogen-bond acceptors (Lipinski definition) is 4. The summed E-state index contributed by atoms with van der Waals surface area (Å²) in [7, 11) is 0. The van der Waals surface area contributed by atoms with E-state index in [-0.39, 0.29) is 25.9 Å². The van der Waals surface area contributed by atoms with E-state index in [1.807, 2.05) is 66.1 Å². The maximum Gasteiger partial charge on any atom is 0.134 e. The first-order valence-corrected chi connectivity index (χ1v) is 8.40. The minimum Gasteiger partial charge on any atom is -0.506 e. The quantitative estimate of drug-likeness (QED) is 0.300. The molecule has 1 N–H and O–H groups in total. The molecule has 0 bridgehead atoms. The minimum absolute atomic E-state index is 0. The Morgan fingerprint density at radius 3 is 2.25 bits per heavy atom. The third kappa shape index (κ3) is 5.22. The van der Waals surface area contributed by atoms with Crippen molar-refractivity contribution in [3.8, 4) is 17.1 Å². The molecule has 2 aromatic heterocycles. The molecule has 0 aliphatic rings. The summed E-state index contributed by atoms with van der Waals surface area (Å²) in [4.78, 5) is 3.83. The van der Waals surface area contributed by atoms with Crippen LogP contribution in [0.1, 0.15) is 11.5 Å². The van der Waals surface area contributed by atoms with Crippen LogP contribution in [0.25, 0.3) is 22.8 Å². The van der Waals surface area contributed by atoms with E-state index in [0.29, 0.717) is 5.69 Å². The summed E-state index contributed by atoms with van der Waals surface area (Å²) in [5.74, 6) is 1.70. The summed E-state index contributed by atoms with van der Waals surface area (Å²) < 4.78 is 2.03. The summed E-state index contributed by atoms with van der Waals surface area (Å²) in [6.07, 6.45) is 1.61. The monoisotopic (exact) mass is 548 g/mol. The Labute approximate surface area is 177 Å². The Bertz CT molecular complexity index is 1000. The van der Waals surface area contributed by atoms with Gasteiger partial charge in [-0.2, -0.15) is 5.10 Å². The second-order valence-corrected chi connectivity index (χ2v) is 5.68. The zero-order chi connectivity index (χ0) is 19.1. The van der Waals surface area contributed by atoms with Gasteiger partial charge in [0.25, 0.3) is 0 Å². The van der Waals surface area contributed by atoms with Gasteiger partial charge in [-0.15, -0.1) is 41.0 Å². The number of nitrogens with zero attached hydrogens (tertiary/aromatic N) is 4. The average Bonchev–Trinajstić information content (AvgIpc) is 3.12. The van der Waals surface area contributed by atoms with Crippen molar-refractivity contribution in [3.05, 3.63) is 103 Å². The zero-order valence-electron chi connectivity index (χ0n) is 15.3. The van der Waals surface area contributed by atoms with Crippen molar-refractivity contribution < 1.29 is 25.2 Å². The topological polar surface area (TPSA) is 63.8 Å². The van der Waals surface area contributed by atoms with Gasteiger partial charge in [0, 0.05) is 32.0 Å². The molecule has 28 heavy (non-hydrogen) atoms. The maximum atomic E-state index is 8.77. The number of aryl methyl sites for hydroxylation is 1. The molecule has 5 nitrogen and oxygen atoms in total. The molecular formula is C22H19IrN4O-. The van der Waals surface area contributed by atoms with Crippen LogP contribution in [-0.4, -0.2) is 24.9 Å². The fourth-order valence-electron chi connectivity index (χ4n) is 2.49. The molecule has 0 aliphatic heterocycles. The van der Waals surface area contributed by atoms with Crippen molar-refractivity contribution in [1.29, 1.82) is 0 Å². The van der Waals surface area contributed by atoms with E-state index in [0.717, 1.165) is 22.9 Å². The van der Waals surface area contributed by atoms with Gasteiger partial charge in [-0.25, -0.2) is 0 Å². The number of aromatic nitrogens is 4. The van der Waals surface area contributed by atoms with Gasteiger partial charge in [0.1, 0.15) is 17.3 Å². The molecule has 0 saturated heterocycles. The van der Waals surface area contributed by atoms with Gasteiger partial charge in [-0.1, -0.05) is 30.8 Å². The van der Waals surface area contributed by atoms with Crippen LogP contribution in [0.5, 0.6) is 0 Å². The van der Waals surface area contributed by atoms with E-state index in [4.69, 9.17) is 5.11 Å². The van der Waals surface area contributed by atoms with Gasteiger partial charge in [0.2, 0.25) is 0 Å². The summed E-state index contributed by atoms with van der Waals surface area (Å²) in [6.45, 7) is 5.27. The smallest absolute Gasteiger partial charge is 0.134 e. The van der Waals surface area contributed by atoms with Crippen molar-refractivity contribution in [3.63, 3.8) is 0 Å². The number of aliphatic hydroxyl groups excluding tert-OH is 1. The molecule has 0 atom stereocenters. The normalized spacial score (nSPS) is 9.61. The van der Waals surface area contributed by atoms with E-state index < -0.39 is 0 Å². The molecule has 0 spiro atoms. The Morgan fingerprint density at radius 2 is 1.68 bits per heavy atom. The molecular weight excluding hydrogens is 528 g/mol. The summed E-state index contributed by atoms with van der Waals surface area (Å²) in [6, 6.07) is 26.4. The standard InChI is InChI=1S/C15H12N3.C7H7NO.Ir/c1-12-16-17-15(13-8-4-2-5-9-13)18(12)14-10-6-3-7-11-14;1-6(9)7-4-2-3-5-8-7;/h2-8,10-11H,1H3;2-5,9H,1H2;/q-1;;. The minimum atomic E-state index is 0. The van der Waals surface area contributed by atoms with Gasteiger partial charge in [-0.05, 0) is 31.2 Å². The molecule has 2 aromatic carbocycles. The van der Waals surface area contributed by atoms with Gasteiger partial charge in [-0.3, -0.25) is 4.98 Å². The number of pyridine rings is 1. The molecule has 1 radical (unpaired) electrons. The SMILES string of the molecule is C=C(O)c1ccccn1.Cc1nnc(-c2[c-]cccc2)n1-c1ccccc1.[Ir]. The molecule has 4 rings (SSSR count). The Balaban J connectivity index is 0.000000239. The molecule has 0 aliphatic carbocycles. The third-order valence-corrected chi connectivity index (χ3v) is 3.75. The molecule has 0 unspecified atom stereocenters. The van der Waals surface area contributed by atoms with Gasteiger partial charge < -0.3 is 9.67 Å². The average molecular weight is 548 g/mol. The van der Waals surface area contributed by atoms with E-state index in [2.05, 4.69) is 27.8 Å². The van der Waals surface area contributed by atoms with Gasteiger partial charge in [0.15, 0.2) is 0 Å². The fourth-order valence-corrected chi connectivity index (χ4v) is 2.49. The molecule has 4 aromatic rings. The number of hydrogen-bond donors (Lipinski definition) is 1. The van der Waals surface area contributed by atoms with Crippen molar-refractivity contribution >= 4 is 5.76 Å². The van der Waals surface area contributed by atoms with Crippen molar-refractivity contribution in [2.24, 2.45) is 0 Å². The zero-order valence-corrected chi connectivity index (χ0v) is 17.7. The Morgan fingerprint density at radius 1 is 0.964 bits per heavy atom. The first-order chi connectivity index (χ1) is 13.2. The molecule has 2 heterocycles. The molecule has 0 saturated carbocycles. The van der Waals surface area contributed by atoms with E-state index >= 15 is 0 Å². The largest absolute Gasteiger partial charge is 0.506 e.